The van der Waals surface area contributed by atoms with E-state index >= 15 is 0 Å². The molecule has 2 rings (SSSR count). The monoisotopic (exact) mass is 316 g/mol. The van der Waals surface area contributed by atoms with E-state index in [1.54, 1.807) is 24.0 Å². The molecule has 2 aromatic rings. The van der Waals surface area contributed by atoms with Crippen molar-refractivity contribution in [1.29, 1.82) is 0 Å². The van der Waals surface area contributed by atoms with Crippen LogP contribution < -0.4 is 0 Å². The predicted molar refractivity (Wildman–Crippen MR) is 79.8 cm³/mol. The number of thioether (sulfide) groups is 2. The third kappa shape index (κ3) is 3.79. The van der Waals surface area contributed by atoms with Gasteiger partial charge < -0.3 is 0 Å². The minimum absolute atomic E-state index is 0.653. The van der Waals surface area contributed by atoms with E-state index in [0.717, 1.165) is 21.5 Å². The van der Waals surface area contributed by atoms with Crippen molar-refractivity contribution in [3.8, 4) is 0 Å². The molecule has 1 aromatic carbocycles. The Morgan fingerprint density at radius 1 is 1.22 bits per heavy atom. The Kier molecular flexibility index (Phi) is 5.18. The third-order valence-corrected chi connectivity index (χ3v) is 4.31. The topological polar surface area (TPSA) is 25.8 Å². The molecule has 18 heavy (non-hydrogen) atoms. The van der Waals surface area contributed by atoms with E-state index in [4.69, 9.17) is 23.2 Å². The van der Waals surface area contributed by atoms with Crippen LogP contribution in [0.2, 0.25) is 10.0 Å². The molecule has 0 amide bonds. The van der Waals surface area contributed by atoms with E-state index in [9.17, 15) is 0 Å². The molecule has 2 nitrogen and oxygen atoms in total. The lowest BCUT2D eigenvalue weighted by atomic mass is 10.2. The number of hydrogen-bond donors (Lipinski definition) is 0. The van der Waals surface area contributed by atoms with Gasteiger partial charge in [-0.3, -0.25) is 0 Å². The second-order valence-corrected chi connectivity index (χ2v) is 6.02. The Hall–Kier alpha value is -0.420. The van der Waals surface area contributed by atoms with E-state index in [1.165, 1.54) is 11.8 Å². The molecule has 0 atom stereocenters. The highest BCUT2D eigenvalue weighted by Gasteiger charge is 2.04. The van der Waals surface area contributed by atoms with Crippen LogP contribution in [0.5, 0.6) is 0 Å². The lowest BCUT2D eigenvalue weighted by Gasteiger charge is -2.05. The molecule has 0 aliphatic carbocycles. The molecule has 94 valence electrons. The highest BCUT2D eigenvalue weighted by atomic mass is 35.5. The first-order chi connectivity index (χ1) is 8.69. The smallest absolute Gasteiger partial charge is 0.188 e. The number of rotatable bonds is 4. The highest BCUT2D eigenvalue weighted by molar-refractivity contribution is 7.99. The van der Waals surface area contributed by atoms with Gasteiger partial charge >= 0.3 is 0 Å². The first-order valence-corrected chi connectivity index (χ1v) is 8.09. The summed E-state index contributed by atoms with van der Waals surface area (Å²) in [5.41, 5.74) is 1.05. The van der Waals surface area contributed by atoms with Gasteiger partial charge in [0.2, 0.25) is 0 Å². The Balaban J connectivity index is 2.06. The average molecular weight is 317 g/mol. The van der Waals surface area contributed by atoms with Crippen molar-refractivity contribution < 1.29 is 0 Å². The van der Waals surface area contributed by atoms with Crippen LogP contribution in [0.4, 0.5) is 0 Å². The molecule has 0 radical (unpaired) electrons. The van der Waals surface area contributed by atoms with Gasteiger partial charge in [-0.15, -0.1) is 11.8 Å². The van der Waals surface area contributed by atoms with Gasteiger partial charge in [-0.25, -0.2) is 9.97 Å². The van der Waals surface area contributed by atoms with Crippen LogP contribution in [0.1, 0.15) is 5.56 Å². The zero-order valence-corrected chi connectivity index (χ0v) is 12.7. The zero-order chi connectivity index (χ0) is 13.0. The maximum atomic E-state index is 6.12. The summed E-state index contributed by atoms with van der Waals surface area (Å²) in [5, 5.41) is 3.07. The van der Waals surface area contributed by atoms with Gasteiger partial charge in [0.1, 0.15) is 5.03 Å². The standard InChI is InChI=1S/C12H10Cl2N2S2/c1-17-12-15-5-4-11(16-12)18-7-8-2-3-9(13)6-10(8)14/h2-6H,7H2,1H3. The molecule has 0 aliphatic heterocycles. The summed E-state index contributed by atoms with van der Waals surface area (Å²) in [5.74, 6) is 0.765. The normalized spacial score (nSPS) is 10.6. The molecule has 0 N–H and O–H groups in total. The van der Waals surface area contributed by atoms with Crippen LogP contribution in [-0.4, -0.2) is 16.2 Å². The minimum Gasteiger partial charge on any atom is -0.231 e. The first-order valence-electron chi connectivity index (χ1n) is 5.13. The molecule has 0 saturated carbocycles. The quantitative estimate of drug-likeness (QED) is 0.460. The SMILES string of the molecule is CSc1nccc(SCc2ccc(Cl)cc2Cl)n1. The van der Waals surface area contributed by atoms with Crippen molar-refractivity contribution in [3.05, 3.63) is 46.1 Å². The van der Waals surface area contributed by atoms with E-state index in [2.05, 4.69) is 9.97 Å². The molecule has 0 saturated heterocycles. The van der Waals surface area contributed by atoms with Gasteiger partial charge in [-0.05, 0) is 30.0 Å². The van der Waals surface area contributed by atoms with Crippen LogP contribution in [0, 0.1) is 0 Å². The molecule has 0 spiro atoms. The second-order valence-electron chi connectivity index (χ2n) is 3.41. The molecular formula is C12H10Cl2N2S2. The van der Waals surface area contributed by atoms with Crippen molar-refractivity contribution in [2.45, 2.75) is 15.9 Å². The molecule has 1 heterocycles. The van der Waals surface area contributed by atoms with Crippen LogP contribution in [0.15, 0.2) is 40.6 Å². The molecule has 0 fully saturated rings. The number of aromatic nitrogens is 2. The Morgan fingerprint density at radius 2 is 2.06 bits per heavy atom. The van der Waals surface area contributed by atoms with Crippen LogP contribution in [-0.2, 0) is 5.75 Å². The predicted octanol–water partition coefficient (Wildman–Crippen LogP) is 4.80. The van der Waals surface area contributed by atoms with Gasteiger partial charge in [-0.2, -0.15) is 0 Å². The van der Waals surface area contributed by atoms with E-state index < -0.39 is 0 Å². The van der Waals surface area contributed by atoms with Crippen LogP contribution in [0.3, 0.4) is 0 Å². The van der Waals surface area contributed by atoms with Crippen LogP contribution >= 0.6 is 46.7 Å². The fraction of sp³-hybridized carbons (Fsp3) is 0.167. The Morgan fingerprint density at radius 3 is 2.78 bits per heavy atom. The number of hydrogen-bond acceptors (Lipinski definition) is 4. The fourth-order valence-corrected chi connectivity index (χ4v) is 3.13. The Labute approximate surface area is 125 Å². The molecular weight excluding hydrogens is 307 g/mol. The molecule has 0 bridgehead atoms. The summed E-state index contributed by atoms with van der Waals surface area (Å²) in [4.78, 5) is 8.54. The maximum Gasteiger partial charge on any atom is 0.188 e. The van der Waals surface area contributed by atoms with Crippen molar-refractivity contribution in [3.63, 3.8) is 0 Å². The Bertz CT molecular complexity index is 549. The second kappa shape index (κ2) is 6.66. The minimum atomic E-state index is 0.653. The summed E-state index contributed by atoms with van der Waals surface area (Å²) in [6.45, 7) is 0. The van der Waals surface area contributed by atoms with E-state index in [1.807, 2.05) is 24.5 Å². The van der Waals surface area contributed by atoms with E-state index in [0.29, 0.717) is 10.0 Å². The van der Waals surface area contributed by atoms with Crippen molar-refractivity contribution in [1.82, 2.24) is 9.97 Å². The average Bonchev–Trinajstić information content (AvgIpc) is 2.38. The highest BCUT2D eigenvalue weighted by Crippen LogP contribution is 2.28. The van der Waals surface area contributed by atoms with Crippen molar-refractivity contribution >= 4 is 46.7 Å². The largest absolute Gasteiger partial charge is 0.231 e. The van der Waals surface area contributed by atoms with Crippen molar-refractivity contribution in [2.75, 3.05) is 6.26 Å². The van der Waals surface area contributed by atoms with Gasteiger partial charge in [0.25, 0.3) is 0 Å². The number of halogens is 2. The molecule has 1 aromatic heterocycles. The summed E-state index contributed by atoms with van der Waals surface area (Å²) < 4.78 is 0. The van der Waals surface area contributed by atoms with Gasteiger partial charge in [0.05, 0.1) is 0 Å². The summed E-state index contributed by atoms with van der Waals surface area (Å²) in [7, 11) is 0. The first kappa shape index (κ1) is 14.0. The van der Waals surface area contributed by atoms with Gasteiger partial charge in [-0.1, -0.05) is 41.0 Å². The summed E-state index contributed by atoms with van der Waals surface area (Å²) in [6, 6.07) is 7.44. The summed E-state index contributed by atoms with van der Waals surface area (Å²) >= 11 is 15.1. The van der Waals surface area contributed by atoms with Gasteiger partial charge in [0, 0.05) is 22.0 Å². The lowest BCUT2D eigenvalue weighted by Crippen LogP contribution is -1.88. The molecule has 0 unspecified atom stereocenters. The van der Waals surface area contributed by atoms with Gasteiger partial charge in [0.15, 0.2) is 5.16 Å². The molecule has 6 heteroatoms. The zero-order valence-electron chi connectivity index (χ0n) is 9.56. The van der Waals surface area contributed by atoms with Crippen LogP contribution in [0.25, 0.3) is 0 Å². The lowest BCUT2D eigenvalue weighted by molar-refractivity contribution is 0.893. The number of nitrogens with zero attached hydrogens (tertiary/aromatic N) is 2. The number of benzene rings is 1. The molecule has 0 aliphatic rings. The maximum absolute atomic E-state index is 6.12. The third-order valence-electron chi connectivity index (χ3n) is 2.18. The van der Waals surface area contributed by atoms with Crippen molar-refractivity contribution in [2.24, 2.45) is 0 Å². The summed E-state index contributed by atoms with van der Waals surface area (Å²) in [6.07, 6.45) is 3.73. The van der Waals surface area contributed by atoms with E-state index in [-0.39, 0.29) is 0 Å². The fourth-order valence-electron chi connectivity index (χ4n) is 1.29.